The molecule has 0 bridgehead atoms. The van der Waals surface area contributed by atoms with E-state index < -0.39 is 58.0 Å². The molecule has 0 radical (unpaired) electrons. The fourth-order valence-corrected chi connectivity index (χ4v) is 6.91. The molecule has 13 heteroatoms. The molecule has 2 aromatic carbocycles. The number of phenols is 3. The Morgan fingerprint density at radius 1 is 1.02 bits per heavy atom. The summed E-state index contributed by atoms with van der Waals surface area (Å²) < 4.78 is 0. The van der Waals surface area contributed by atoms with E-state index in [2.05, 4.69) is 5.32 Å². The van der Waals surface area contributed by atoms with Gasteiger partial charge in [-0.1, -0.05) is 6.07 Å². The molecule has 0 saturated heterocycles. The molecular formula is C31H36N4O9. The number of allylic oxidation sites excluding steroid dienone is 1. The molecule has 9 N–H and O–H groups in total. The lowest BCUT2D eigenvalue weighted by molar-refractivity contribution is -0.148. The average molecular weight is 609 g/mol. The van der Waals surface area contributed by atoms with Gasteiger partial charge in [-0.15, -0.1) is 0 Å². The molecule has 2 aromatic rings. The van der Waals surface area contributed by atoms with Gasteiger partial charge in [-0.25, -0.2) is 0 Å². The maximum atomic E-state index is 14.1. The third-order valence-electron chi connectivity index (χ3n) is 8.94. The monoisotopic (exact) mass is 608 g/mol. The minimum absolute atomic E-state index is 0.00216. The molecular weight excluding hydrogens is 572 g/mol. The second-order valence-corrected chi connectivity index (χ2v) is 12.0. The first kappa shape index (κ1) is 30.9. The number of Topliss-reactive ketones (excluding diaryl/α,β-unsaturated/α-hetero) is 2. The molecule has 3 aliphatic rings. The van der Waals surface area contributed by atoms with Crippen LogP contribution >= 0.6 is 0 Å². The van der Waals surface area contributed by atoms with E-state index in [9.17, 15) is 45.0 Å². The zero-order valence-electron chi connectivity index (χ0n) is 24.7. The summed E-state index contributed by atoms with van der Waals surface area (Å²) in [5, 5.41) is 68.1. The van der Waals surface area contributed by atoms with Gasteiger partial charge < -0.3 is 46.6 Å². The first-order valence-corrected chi connectivity index (χ1v) is 14.0. The summed E-state index contributed by atoms with van der Waals surface area (Å²) in [6.45, 7) is 0.361. The van der Waals surface area contributed by atoms with Crippen LogP contribution in [0.4, 0.5) is 5.69 Å². The number of hydrogen-bond acceptors (Lipinski definition) is 12. The Balaban J connectivity index is 1.58. The fraction of sp³-hybridized carbons (Fsp3) is 0.387. The summed E-state index contributed by atoms with van der Waals surface area (Å²) in [4.78, 5) is 43.1. The van der Waals surface area contributed by atoms with Crippen molar-refractivity contribution in [2.45, 2.75) is 37.6 Å². The highest BCUT2D eigenvalue weighted by Gasteiger charge is 2.63. The van der Waals surface area contributed by atoms with Gasteiger partial charge in [0.25, 0.3) is 5.91 Å². The van der Waals surface area contributed by atoms with Crippen LogP contribution in [-0.4, -0.2) is 92.8 Å². The highest BCUT2D eigenvalue weighted by Crippen LogP contribution is 2.53. The molecule has 0 heterocycles. The molecule has 4 unspecified atom stereocenters. The summed E-state index contributed by atoms with van der Waals surface area (Å²) in [5.74, 6) is -7.51. The molecule has 1 amide bonds. The first-order valence-electron chi connectivity index (χ1n) is 14.0. The summed E-state index contributed by atoms with van der Waals surface area (Å²) in [5.41, 5.74) is 3.72. The number of ketones is 2. The zero-order valence-corrected chi connectivity index (χ0v) is 24.7. The predicted octanol–water partition coefficient (Wildman–Crippen LogP) is 0.888. The van der Waals surface area contributed by atoms with Crippen LogP contribution < -0.4 is 16.0 Å². The number of fused-ring (bicyclic) bond motifs is 3. The fourth-order valence-electron chi connectivity index (χ4n) is 6.91. The van der Waals surface area contributed by atoms with Crippen LogP contribution in [0, 0.1) is 11.8 Å². The van der Waals surface area contributed by atoms with Crippen molar-refractivity contribution in [1.82, 2.24) is 10.2 Å². The van der Waals surface area contributed by atoms with Crippen molar-refractivity contribution in [3.05, 3.63) is 69.2 Å². The minimum atomic E-state index is -2.71. The van der Waals surface area contributed by atoms with Crippen molar-refractivity contribution in [1.29, 1.82) is 0 Å². The maximum absolute atomic E-state index is 14.1. The number of primary amides is 1. The van der Waals surface area contributed by atoms with Crippen molar-refractivity contribution in [3.8, 4) is 17.2 Å². The van der Waals surface area contributed by atoms with Crippen LogP contribution in [0.2, 0.25) is 0 Å². The number of amides is 1. The van der Waals surface area contributed by atoms with Crippen LogP contribution in [-0.2, 0) is 29.1 Å². The molecule has 0 fully saturated rings. The van der Waals surface area contributed by atoms with Crippen molar-refractivity contribution in [3.63, 3.8) is 0 Å². The Kier molecular flexibility index (Phi) is 7.60. The molecule has 0 spiro atoms. The van der Waals surface area contributed by atoms with Gasteiger partial charge in [0.05, 0.1) is 11.6 Å². The van der Waals surface area contributed by atoms with Gasteiger partial charge in [0.2, 0.25) is 5.78 Å². The standard InChI is InChI=1S/C31H36N4O9/c1-34(2)18-10-15(12-33-11-13-5-6-19(36)20(37)7-13)25(38)22-16(18)8-14-9-17-24(35(3)4)27(40)23(30(32)43)29(42)31(17,44)28(41)21(14)26(22)39/h5-7,10,14,17,24,33,36-38,40-41,44H,8-9,11-12H2,1-4H3,(H2,32,43). The maximum Gasteiger partial charge on any atom is 0.255 e. The van der Waals surface area contributed by atoms with Crippen molar-refractivity contribution in [2.24, 2.45) is 17.6 Å². The summed E-state index contributed by atoms with van der Waals surface area (Å²) >= 11 is 0. The smallest absolute Gasteiger partial charge is 0.255 e. The van der Waals surface area contributed by atoms with E-state index in [0.29, 0.717) is 22.4 Å². The molecule has 44 heavy (non-hydrogen) atoms. The number of carbonyl (C=O) groups is 3. The van der Waals surface area contributed by atoms with Crippen LogP contribution in [0.5, 0.6) is 17.2 Å². The summed E-state index contributed by atoms with van der Waals surface area (Å²) in [6, 6.07) is 5.05. The topological polar surface area (TPSA) is 217 Å². The summed E-state index contributed by atoms with van der Waals surface area (Å²) in [7, 11) is 6.73. The first-order chi connectivity index (χ1) is 20.6. The van der Waals surface area contributed by atoms with Gasteiger partial charge >= 0.3 is 0 Å². The van der Waals surface area contributed by atoms with Gasteiger partial charge in [0, 0.05) is 49.9 Å². The van der Waals surface area contributed by atoms with Crippen LogP contribution in [0.3, 0.4) is 0 Å². The lowest BCUT2D eigenvalue weighted by Crippen LogP contribution is -2.63. The molecule has 0 aromatic heterocycles. The Morgan fingerprint density at radius 3 is 2.30 bits per heavy atom. The number of aromatic hydroxyl groups is 3. The van der Waals surface area contributed by atoms with Gasteiger partial charge in [-0.2, -0.15) is 0 Å². The number of aliphatic hydroxyl groups is 3. The Hall–Kier alpha value is -4.59. The lowest BCUT2D eigenvalue weighted by atomic mass is 9.58. The Bertz CT molecular complexity index is 1660. The number of phenolic OH excluding ortho intramolecular Hbond substituents is 3. The quantitative estimate of drug-likeness (QED) is 0.162. The molecule has 4 atom stereocenters. The van der Waals surface area contributed by atoms with E-state index >= 15 is 0 Å². The number of hydrogen-bond donors (Lipinski definition) is 8. The zero-order chi connectivity index (χ0) is 32.4. The lowest BCUT2D eigenvalue weighted by Gasteiger charge is -2.50. The van der Waals surface area contributed by atoms with Gasteiger partial charge in [0.1, 0.15) is 22.8 Å². The molecule has 234 valence electrons. The van der Waals surface area contributed by atoms with Gasteiger partial charge in [0.15, 0.2) is 22.9 Å². The number of likely N-dealkylation sites (N-methyl/N-ethyl adjacent to an activating group) is 1. The molecule has 3 aliphatic carbocycles. The number of carbonyl (C=O) groups excluding carboxylic acids is 3. The van der Waals surface area contributed by atoms with Crippen LogP contribution in [0.15, 0.2) is 46.9 Å². The van der Waals surface area contributed by atoms with Crippen LogP contribution in [0.1, 0.15) is 33.5 Å². The second-order valence-electron chi connectivity index (χ2n) is 12.0. The van der Waals surface area contributed by atoms with E-state index in [1.807, 2.05) is 0 Å². The molecule has 0 saturated carbocycles. The minimum Gasteiger partial charge on any atom is -0.510 e. The van der Waals surface area contributed by atoms with E-state index in [0.717, 1.165) is 0 Å². The van der Waals surface area contributed by atoms with E-state index in [1.54, 1.807) is 45.2 Å². The highest BCUT2D eigenvalue weighted by molar-refractivity contribution is 6.25. The van der Waals surface area contributed by atoms with Crippen molar-refractivity contribution >= 4 is 23.2 Å². The number of nitrogens with one attached hydrogen (secondary N) is 1. The number of aliphatic hydroxyl groups excluding tert-OH is 2. The predicted molar refractivity (Wildman–Crippen MR) is 158 cm³/mol. The molecule has 5 rings (SSSR count). The normalized spacial score (nSPS) is 24.7. The summed E-state index contributed by atoms with van der Waals surface area (Å²) in [6.07, 6.45) is 0.179. The van der Waals surface area contributed by atoms with Crippen molar-refractivity contribution in [2.75, 3.05) is 33.1 Å². The van der Waals surface area contributed by atoms with Gasteiger partial charge in [-0.05, 0) is 62.2 Å². The van der Waals surface area contributed by atoms with E-state index in [1.165, 1.54) is 17.0 Å². The number of benzene rings is 2. The highest BCUT2D eigenvalue weighted by atomic mass is 16.3. The Morgan fingerprint density at radius 2 is 1.70 bits per heavy atom. The molecule has 0 aliphatic heterocycles. The van der Waals surface area contributed by atoms with Crippen molar-refractivity contribution < 1.29 is 45.0 Å². The van der Waals surface area contributed by atoms with E-state index in [-0.39, 0.29) is 54.3 Å². The number of rotatable bonds is 7. The largest absolute Gasteiger partial charge is 0.510 e. The number of nitrogens with zero attached hydrogens (tertiary/aromatic N) is 2. The van der Waals surface area contributed by atoms with Gasteiger partial charge in [-0.3, -0.25) is 19.3 Å². The van der Waals surface area contributed by atoms with E-state index in [4.69, 9.17) is 5.73 Å². The number of nitrogens with two attached hydrogens (primary N) is 1. The number of anilines is 1. The average Bonchev–Trinajstić information content (AvgIpc) is 2.93. The van der Waals surface area contributed by atoms with Crippen LogP contribution in [0.25, 0.3) is 0 Å². The Labute approximate surface area is 253 Å². The third kappa shape index (κ3) is 4.55. The third-order valence-corrected chi connectivity index (χ3v) is 8.94. The SMILES string of the molecule is CN(C)c1cc(CNCc2ccc(O)c(O)c2)c(O)c2c1CC1CC3C(N(C)C)C(O)=C(C(N)=O)C(=O)C3(O)C(O)=C1C2=O. The molecule has 13 nitrogen and oxygen atoms in total. The second kappa shape index (κ2) is 10.8.